The second-order valence-corrected chi connectivity index (χ2v) is 9.51. The minimum atomic E-state index is -0.689. The molecule has 39 heavy (non-hydrogen) atoms. The molecule has 0 saturated carbocycles. The first-order valence-corrected chi connectivity index (χ1v) is 12.9. The smallest absolute Gasteiger partial charge is 0.340 e. The highest BCUT2D eigenvalue weighted by Crippen LogP contribution is 2.38. The monoisotopic (exact) mass is 546 g/mol. The molecule has 0 fully saturated rings. The molecule has 0 bridgehead atoms. The summed E-state index contributed by atoms with van der Waals surface area (Å²) in [5.41, 5.74) is 2.15. The number of aromatic nitrogens is 2. The summed E-state index contributed by atoms with van der Waals surface area (Å²) in [6.07, 6.45) is 0.618. The zero-order valence-electron chi connectivity index (χ0n) is 21.8. The number of methoxy groups -OCH3 is 1. The summed E-state index contributed by atoms with van der Waals surface area (Å²) in [6, 6.07) is 14.4. The van der Waals surface area contributed by atoms with E-state index >= 15 is 0 Å². The average molecular weight is 547 g/mol. The summed E-state index contributed by atoms with van der Waals surface area (Å²) in [6.45, 7) is 5.66. The number of imide groups is 1. The van der Waals surface area contributed by atoms with E-state index in [4.69, 9.17) is 9.47 Å². The van der Waals surface area contributed by atoms with Gasteiger partial charge in [0.25, 0.3) is 11.8 Å². The Labute approximate surface area is 229 Å². The van der Waals surface area contributed by atoms with Crippen LogP contribution in [-0.2, 0) is 19.1 Å². The molecule has 200 valence electrons. The quantitative estimate of drug-likeness (QED) is 0.234. The second kappa shape index (κ2) is 11.9. The molecule has 0 atom stereocenters. The number of para-hydroxylation sites is 1. The first-order valence-electron chi connectivity index (χ1n) is 12.1. The highest BCUT2D eigenvalue weighted by Gasteiger charge is 2.42. The van der Waals surface area contributed by atoms with Crippen molar-refractivity contribution in [1.29, 1.82) is 0 Å². The maximum Gasteiger partial charge on any atom is 0.340 e. The van der Waals surface area contributed by atoms with Crippen LogP contribution in [0.1, 0.15) is 45.4 Å². The number of thioether (sulfide) groups is 1. The van der Waals surface area contributed by atoms with Crippen molar-refractivity contribution in [3.8, 4) is 0 Å². The molecule has 0 aliphatic carbocycles. The van der Waals surface area contributed by atoms with E-state index in [-0.39, 0.29) is 39.2 Å². The lowest BCUT2D eigenvalue weighted by molar-refractivity contribution is -0.120. The third-order valence-corrected chi connectivity index (χ3v) is 6.50. The molecule has 0 spiro atoms. The molecule has 0 unspecified atom stereocenters. The number of nitrogens with zero attached hydrogens (tertiary/aromatic N) is 3. The van der Waals surface area contributed by atoms with Crippen LogP contribution in [0.3, 0.4) is 0 Å². The van der Waals surface area contributed by atoms with Crippen molar-refractivity contribution in [2.45, 2.75) is 32.3 Å². The maximum atomic E-state index is 13.8. The van der Waals surface area contributed by atoms with Crippen molar-refractivity contribution in [2.75, 3.05) is 23.9 Å². The highest BCUT2D eigenvalue weighted by atomic mass is 32.2. The van der Waals surface area contributed by atoms with E-state index in [1.165, 1.54) is 25.3 Å². The van der Waals surface area contributed by atoms with Crippen LogP contribution in [0.4, 0.5) is 11.4 Å². The van der Waals surface area contributed by atoms with Gasteiger partial charge in [-0.15, -0.1) is 0 Å². The number of benzene rings is 2. The SMILES string of the molecule is CCCOC(=O)c1ccccc1N1C(=O)C(Nc2cccc(C(=O)OC)c2)=C(Sc2nc(C)cc(C)n2)C1=O. The second-order valence-electron chi connectivity index (χ2n) is 8.54. The predicted molar refractivity (Wildman–Crippen MR) is 145 cm³/mol. The lowest BCUT2D eigenvalue weighted by Crippen LogP contribution is -2.33. The Hall–Kier alpha value is -4.51. The number of rotatable bonds is 9. The van der Waals surface area contributed by atoms with Crippen LogP contribution >= 0.6 is 11.8 Å². The number of carbonyl (C=O) groups is 4. The molecular weight excluding hydrogens is 520 g/mol. The van der Waals surface area contributed by atoms with Crippen LogP contribution in [0.15, 0.2) is 70.4 Å². The molecule has 1 N–H and O–H groups in total. The lowest BCUT2D eigenvalue weighted by atomic mass is 10.1. The van der Waals surface area contributed by atoms with Gasteiger partial charge < -0.3 is 14.8 Å². The van der Waals surface area contributed by atoms with Gasteiger partial charge in [-0.2, -0.15) is 0 Å². The van der Waals surface area contributed by atoms with Crippen molar-refractivity contribution in [3.63, 3.8) is 0 Å². The van der Waals surface area contributed by atoms with Gasteiger partial charge in [-0.3, -0.25) is 9.59 Å². The average Bonchev–Trinajstić information content (AvgIpc) is 3.14. The highest BCUT2D eigenvalue weighted by molar-refractivity contribution is 8.04. The van der Waals surface area contributed by atoms with Crippen LogP contribution in [0.5, 0.6) is 0 Å². The lowest BCUT2D eigenvalue weighted by Gasteiger charge is -2.18. The Kier molecular flexibility index (Phi) is 8.40. The maximum absolute atomic E-state index is 13.8. The fraction of sp³-hybridized carbons (Fsp3) is 0.214. The van der Waals surface area contributed by atoms with Crippen LogP contribution in [0.2, 0.25) is 0 Å². The zero-order chi connectivity index (χ0) is 28.1. The molecule has 3 aromatic rings. The van der Waals surface area contributed by atoms with Crippen molar-refractivity contribution < 1.29 is 28.7 Å². The van der Waals surface area contributed by atoms with Crippen LogP contribution in [0, 0.1) is 13.8 Å². The molecule has 1 aliphatic rings. The first kappa shape index (κ1) is 27.5. The third kappa shape index (κ3) is 5.99. The molecule has 2 aromatic carbocycles. The van der Waals surface area contributed by atoms with E-state index in [0.717, 1.165) is 16.7 Å². The Morgan fingerprint density at radius 3 is 2.36 bits per heavy atom. The Morgan fingerprint density at radius 2 is 1.67 bits per heavy atom. The fourth-order valence-electron chi connectivity index (χ4n) is 3.86. The topological polar surface area (TPSA) is 128 Å². The summed E-state index contributed by atoms with van der Waals surface area (Å²) in [5, 5.41) is 3.27. The van der Waals surface area contributed by atoms with Crippen molar-refractivity contribution >= 4 is 46.9 Å². The van der Waals surface area contributed by atoms with E-state index in [1.54, 1.807) is 50.2 Å². The standard InChI is InChI=1S/C28H26N4O6S/c1-5-13-38-27(36)20-11-6-7-12-21(20)32-24(33)22(31-19-10-8-9-18(15-19)26(35)37-4)23(25(32)34)39-28-29-16(2)14-17(3)30-28/h6-12,14-15,31H,5,13H2,1-4H3. The van der Waals surface area contributed by atoms with Crippen molar-refractivity contribution in [3.05, 3.63) is 87.7 Å². The van der Waals surface area contributed by atoms with Crippen LogP contribution in [0.25, 0.3) is 0 Å². The van der Waals surface area contributed by atoms with Gasteiger partial charge in [-0.25, -0.2) is 24.5 Å². The molecule has 0 saturated heterocycles. The van der Waals surface area contributed by atoms with E-state index in [0.29, 0.717) is 23.5 Å². The van der Waals surface area contributed by atoms with Gasteiger partial charge >= 0.3 is 11.9 Å². The molecule has 2 amide bonds. The van der Waals surface area contributed by atoms with Crippen molar-refractivity contribution in [2.24, 2.45) is 0 Å². The summed E-state index contributed by atoms with van der Waals surface area (Å²) in [5.74, 6) is -2.55. The number of amides is 2. The number of esters is 2. The number of hydrogen-bond donors (Lipinski definition) is 1. The number of ether oxygens (including phenoxy) is 2. The summed E-state index contributed by atoms with van der Waals surface area (Å²) in [7, 11) is 1.27. The number of nitrogens with one attached hydrogen (secondary N) is 1. The summed E-state index contributed by atoms with van der Waals surface area (Å²) < 4.78 is 10.1. The Morgan fingerprint density at radius 1 is 0.949 bits per heavy atom. The molecule has 0 radical (unpaired) electrons. The van der Waals surface area contributed by atoms with E-state index < -0.39 is 23.8 Å². The largest absolute Gasteiger partial charge is 0.465 e. The molecule has 1 aliphatic heterocycles. The molecular formula is C28H26N4O6S. The van der Waals surface area contributed by atoms with Gasteiger partial charge in [0.05, 0.1) is 30.5 Å². The van der Waals surface area contributed by atoms with Gasteiger partial charge in [0.1, 0.15) is 10.6 Å². The van der Waals surface area contributed by atoms with Gasteiger partial charge in [0.2, 0.25) is 0 Å². The molecule has 10 nitrogen and oxygen atoms in total. The van der Waals surface area contributed by atoms with Gasteiger partial charge in [-0.1, -0.05) is 25.1 Å². The summed E-state index contributed by atoms with van der Waals surface area (Å²) >= 11 is 0.935. The molecule has 2 heterocycles. The Balaban J connectivity index is 1.78. The van der Waals surface area contributed by atoms with E-state index in [2.05, 4.69) is 15.3 Å². The Bertz CT molecular complexity index is 1480. The number of hydrogen-bond acceptors (Lipinski definition) is 10. The van der Waals surface area contributed by atoms with Gasteiger partial charge in [0, 0.05) is 17.1 Å². The van der Waals surface area contributed by atoms with Crippen LogP contribution in [-0.4, -0.2) is 47.4 Å². The van der Waals surface area contributed by atoms with Crippen LogP contribution < -0.4 is 10.2 Å². The number of anilines is 2. The third-order valence-electron chi connectivity index (χ3n) is 5.55. The number of carbonyl (C=O) groups excluding carboxylic acids is 4. The predicted octanol–water partition coefficient (Wildman–Crippen LogP) is 4.44. The van der Waals surface area contributed by atoms with Gasteiger partial charge in [0.15, 0.2) is 5.16 Å². The molecule has 11 heteroatoms. The van der Waals surface area contributed by atoms with Crippen molar-refractivity contribution in [1.82, 2.24) is 9.97 Å². The molecule has 1 aromatic heterocycles. The van der Waals surface area contributed by atoms with Gasteiger partial charge in [-0.05, 0) is 68.4 Å². The minimum Gasteiger partial charge on any atom is -0.465 e. The summed E-state index contributed by atoms with van der Waals surface area (Å²) in [4.78, 5) is 62.2. The van der Waals surface area contributed by atoms with E-state index in [9.17, 15) is 19.2 Å². The normalized spacial score (nSPS) is 13.1. The first-order chi connectivity index (χ1) is 18.7. The van der Waals surface area contributed by atoms with E-state index in [1.807, 2.05) is 6.92 Å². The number of aryl methyl sites for hydroxylation is 2. The fourth-order valence-corrected chi connectivity index (χ4v) is 4.84. The molecule has 4 rings (SSSR count). The zero-order valence-corrected chi connectivity index (χ0v) is 22.6. The minimum absolute atomic E-state index is 0.0326.